The summed E-state index contributed by atoms with van der Waals surface area (Å²) in [4.78, 5) is 25.1. The van der Waals surface area contributed by atoms with Crippen molar-refractivity contribution in [1.82, 2.24) is 0 Å². The van der Waals surface area contributed by atoms with E-state index in [-0.39, 0.29) is 28.7 Å². The molecule has 0 bridgehead atoms. The summed E-state index contributed by atoms with van der Waals surface area (Å²) in [5, 5.41) is 12.1. The highest BCUT2D eigenvalue weighted by molar-refractivity contribution is 6.01. The largest absolute Gasteiger partial charge is 0.465 e. The summed E-state index contributed by atoms with van der Waals surface area (Å²) in [6.45, 7) is 1.54. The van der Waals surface area contributed by atoms with Gasteiger partial charge in [-0.1, -0.05) is 60.7 Å². The molecule has 0 radical (unpaired) electrons. The van der Waals surface area contributed by atoms with E-state index in [1.807, 2.05) is 66.7 Å². The number of aryl methyl sites for hydroxylation is 1. The molecule has 0 atom stereocenters. The van der Waals surface area contributed by atoms with Gasteiger partial charge in [0.2, 0.25) is 11.8 Å². The monoisotopic (exact) mass is 374 g/mol. The lowest BCUT2D eigenvalue weighted by atomic mass is 9.90. The summed E-state index contributed by atoms with van der Waals surface area (Å²) < 4.78 is 10.2. The van der Waals surface area contributed by atoms with Crippen molar-refractivity contribution in [2.75, 3.05) is 12.4 Å². The number of benzene rings is 2. The minimum atomic E-state index is -0.694. The van der Waals surface area contributed by atoms with Gasteiger partial charge < -0.3 is 9.15 Å². The van der Waals surface area contributed by atoms with Crippen molar-refractivity contribution in [3.8, 4) is 6.07 Å². The third-order valence-electron chi connectivity index (χ3n) is 4.35. The van der Waals surface area contributed by atoms with E-state index in [2.05, 4.69) is 5.32 Å². The zero-order chi connectivity index (χ0) is 20.1. The van der Waals surface area contributed by atoms with Gasteiger partial charge in [0.15, 0.2) is 0 Å². The van der Waals surface area contributed by atoms with E-state index in [4.69, 9.17) is 9.15 Å². The molecule has 1 amide bonds. The SMILES string of the molecule is COC(=O)c1c(C)oc(NC(=O)C(c2ccccc2)c2ccccc2)c1C#N. The second kappa shape index (κ2) is 8.23. The van der Waals surface area contributed by atoms with E-state index in [1.165, 1.54) is 14.0 Å². The van der Waals surface area contributed by atoms with Crippen molar-refractivity contribution in [1.29, 1.82) is 5.26 Å². The molecule has 0 spiro atoms. The molecule has 6 heteroatoms. The molecule has 0 unspecified atom stereocenters. The molecule has 6 nitrogen and oxygen atoms in total. The minimum Gasteiger partial charge on any atom is -0.465 e. The molecule has 0 saturated heterocycles. The maximum absolute atomic E-state index is 13.1. The predicted molar refractivity (Wildman–Crippen MR) is 103 cm³/mol. The van der Waals surface area contributed by atoms with Crippen LogP contribution in [0.2, 0.25) is 0 Å². The number of ether oxygens (including phenoxy) is 1. The molecule has 0 aliphatic carbocycles. The molecule has 3 rings (SSSR count). The number of methoxy groups -OCH3 is 1. The van der Waals surface area contributed by atoms with E-state index < -0.39 is 11.9 Å². The first-order chi connectivity index (χ1) is 13.6. The fourth-order valence-electron chi connectivity index (χ4n) is 3.06. The van der Waals surface area contributed by atoms with E-state index in [0.717, 1.165) is 11.1 Å². The first-order valence-corrected chi connectivity index (χ1v) is 8.59. The van der Waals surface area contributed by atoms with Gasteiger partial charge in [-0.3, -0.25) is 10.1 Å². The van der Waals surface area contributed by atoms with Crippen molar-refractivity contribution in [2.24, 2.45) is 0 Å². The number of nitrogens with zero attached hydrogens (tertiary/aromatic N) is 1. The van der Waals surface area contributed by atoms with Crippen LogP contribution in [-0.2, 0) is 9.53 Å². The number of nitrogens with one attached hydrogen (secondary N) is 1. The number of carbonyl (C=O) groups is 2. The van der Waals surface area contributed by atoms with Gasteiger partial charge in [-0.2, -0.15) is 5.26 Å². The Kier molecular flexibility index (Phi) is 5.56. The molecular weight excluding hydrogens is 356 g/mol. The highest BCUT2D eigenvalue weighted by atomic mass is 16.5. The van der Waals surface area contributed by atoms with Gasteiger partial charge >= 0.3 is 5.97 Å². The van der Waals surface area contributed by atoms with Gasteiger partial charge in [-0.05, 0) is 18.1 Å². The van der Waals surface area contributed by atoms with Crippen LogP contribution < -0.4 is 5.32 Å². The maximum atomic E-state index is 13.1. The molecule has 1 heterocycles. The van der Waals surface area contributed by atoms with Crippen molar-refractivity contribution in [3.63, 3.8) is 0 Å². The molecule has 1 N–H and O–H groups in total. The van der Waals surface area contributed by atoms with Crippen molar-refractivity contribution in [2.45, 2.75) is 12.8 Å². The number of hydrogen-bond donors (Lipinski definition) is 1. The lowest BCUT2D eigenvalue weighted by Gasteiger charge is -2.17. The highest BCUT2D eigenvalue weighted by Crippen LogP contribution is 2.30. The van der Waals surface area contributed by atoms with Gasteiger partial charge in [-0.25, -0.2) is 4.79 Å². The predicted octanol–water partition coefficient (Wildman–Crippen LogP) is 4.02. The molecule has 0 aliphatic rings. The number of amides is 1. The zero-order valence-electron chi connectivity index (χ0n) is 15.4. The second-order valence-corrected chi connectivity index (χ2v) is 6.08. The third-order valence-corrected chi connectivity index (χ3v) is 4.35. The van der Waals surface area contributed by atoms with Crippen LogP contribution in [0.3, 0.4) is 0 Å². The van der Waals surface area contributed by atoms with Gasteiger partial charge in [0.05, 0.1) is 13.0 Å². The summed E-state index contributed by atoms with van der Waals surface area (Å²) >= 11 is 0. The van der Waals surface area contributed by atoms with Crippen molar-refractivity contribution >= 4 is 17.8 Å². The topological polar surface area (TPSA) is 92.3 Å². The second-order valence-electron chi connectivity index (χ2n) is 6.08. The fourth-order valence-corrected chi connectivity index (χ4v) is 3.06. The number of nitriles is 1. The summed E-state index contributed by atoms with van der Waals surface area (Å²) in [6, 6.07) is 20.5. The summed E-state index contributed by atoms with van der Waals surface area (Å²) in [7, 11) is 1.22. The molecule has 2 aromatic carbocycles. The van der Waals surface area contributed by atoms with Crippen LogP contribution in [0.5, 0.6) is 0 Å². The number of furan rings is 1. The Balaban J connectivity index is 2.00. The average molecular weight is 374 g/mol. The molecule has 0 aliphatic heterocycles. The van der Waals surface area contributed by atoms with E-state index in [0.29, 0.717) is 0 Å². The van der Waals surface area contributed by atoms with Crippen LogP contribution in [0.1, 0.15) is 38.7 Å². The lowest BCUT2D eigenvalue weighted by Crippen LogP contribution is -2.22. The van der Waals surface area contributed by atoms with Crippen molar-refractivity contribution in [3.05, 3.63) is 88.7 Å². The maximum Gasteiger partial charge on any atom is 0.342 e. The van der Waals surface area contributed by atoms with Crippen LogP contribution in [0.25, 0.3) is 0 Å². The number of carbonyl (C=O) groups excluding carboxylic acids is 2. The Labute approximate surface area is 162 Å². The molecule has 0 fully saturated rings. The first-order valence-electron chi connectivity index (χ1n) is 8.59. The molecule has 1 aromatic heterocycles. The normalized spacial score (nSPS) is 10.4. The number of rotatable bonds is 5. The van der Waals surface area contributed by atoms with Crippen LogP contribution in [0.15, 0.2) is 65.1 Å². The van der Waals surface area contributed by atoms with Crippen LogP contribution in [0.4, 0.5) is 5.88 Å². The van der Waals surface area contributed by atoms with Gasteiger partial charge in [0.25, 0.3) is 0 Å². The summed E-state index contributed by atoms with van der Waals surface area (Å²) in [5.74, 6) is -1.54. The number of anilines is 1. The average Bonchev–Trinajstić information content (AvgIpc) is 3.03. The van der Waals surface area contributed by atoms with Crippen LogP contribution >= 0.6 is 0 Å². The standard InChI is InChI=1S/C22H18N2O4/c1-14-18(22(26)27-2)17(13-23)21(28-14)24-20(25)19(15-9-5-3-6-10-15)16-11-7-4-8-12-16/h3-12,19H,1-2H3,(H,24,25). The third kappa shape index (κ3) is 3.64. The smallest absolute Gasteiger partial charge is 0.342 e. The molecular formula is C22H18N2O4. The molecule has 0 saturated carbocycles. The highest BCUT2D eigenvalue weighted by Gasteiger charge is 2.28. The lowest BCUT2D eigenvalue weighted by molar-refractivity contribution is -0.116. The van der Waals surface area contributed by atoms with Gasteiger partial charge in [0.1, 0.15) is 23.0 Å². The summed E-state index contributed by atoms with van der Waals surface area (Å²) in [6.07, 6.45) is 0. The Bertz CT molecular complexity index is 994. The van der Waals surface area contributed by atoms with Crippen LogP contribution in [-0.4, -0.2) is 19.0 Å². The van der Waals surface area contributed by atoms with Crippen LogP contribution in [0, 0.1) is 18.3 Å². The first kappa shape index (κ1) is 18.9. The Hall–Kier alpha value is -3.85. The van der Waals surface area contributed by atoms with E-state index >= 15 is 0 Å². The van der Waals surface area contributed by atoms with E-state index in [1.54, 1.807) is 0 Å². The van der Waals surface area contributed by atoms with Crippen molar-refractivity contribution < 1.29 is 18.7 Å². The molecule has 28 heavy (non-hydrogen) atoms. The van der Waals surface area contributed by atoms with E-state index in [9.17, 15) is 14.9 Å². The Morgan fingerprint density at radius 3 is 2.04 bits per heavy atom. The number of hydrogen-bond acceptors (Lipinski definition) is 5. The minimum absolute atomic E-state index is 0.0104. The van der Waals surface area contributed by atoms with Gasteiger partial charge in [0, 0.05) is 0 Å². The van der Waals surface area contributed by atoms with Gasteiger partial charge in [-0.15, -0.1) is 0 Å². The molecule has 140 valence electrons. The Morgan fingerprint density at radius 1 is 1.04 bits per heavy atom. The Morgan fingerprint density at radius 2 is 1.57 bits per heavy atom. The fraction of sp³-hybridized carbons (Fsp3) is 0.136. The zero-order valence-corrected chi connectivity index (χ0v) is 15.4. The summed E-state index contributed by atoms with van der Waals surface area (Å²) in [5.41, 5.74) is 1.54. The number of esters is 1. The quantitative estimate of drug-likeness (QED) is 0.681. The molecule has 3 aromatic rings.